The van der Waals surface area contributed by atoms with Crippen molar-refractivity contribution in [1.29, 1.82) is 0 Å². The highest BCUT2D eigenvalue weighted by atomic mass is 31.3. The summed E-state index contributed by atoms with van der Waals surface area (Å²) in [6.07, 6.45) is -3.59. The molecule has 3 rings (SSSR count). The first-order chi connectivity index (χ1) is 13.5. The number of hydrogen-bond donors (Lipinski definition) is 6. The smallest absolute Gasteiger partial charge is 0.382 e. The number of aliphatic hydroxyl groups is 2. The molecule has 2 aliphatic rings. The van der Waals surface area contributed by atoms with Crippen molar-refractivity contribution in [2.45, 2.75) is 36.3 Å². The van der Waals surface area contributed by atoms with Crippen molar-refractivity contribution in [1.82, 2.24) is 9.55 Å². The summed E-state index contributed by atoms with van der Waals surface area (Å²) in [4.78, 5) is 51.8. The maximum absolute atomic E-state index is 15.1. The summed E-state index contributed by atoms with van der Waals surface area (Å²) in [6, 6.07) is 0.829. The second kappa shape index (κ2) is 6.97. The molecule has 1 aliphatic carbocycles. The first-order valence-electron chi connectivity index (χ1n) is 7.58. The van der Waals surface area contributed by atoms with E-state index in [0.29, 0.717) is 4.57 Å². The number of hydrogen-bond acceptors (Lipinski definition) is 11. The molecule has 0 bridgehead atoms. The van der Waals surface area contributed by atoms with Gasteiger partial charge in [0.1, 0.15) is 5.60 Å². The predicted octanol–water partition coefficient (Wildman–Crippen LogP) is -1.77. The Labute approximate surface area is 164 Å². The highest BCUT2D eigenvalue weighted by Gasteiger charge is 2.95. The lowest BCUT2D eigenvalue weighted by molar-refractivity contribution is -0.181. The molecule has 1 aliphatic heterocycles. The SMILES string of the molecule is C[C@]1(O)[C@H](n2ccc(=O)[nH]c2=O)O[C@]2(F)C(OP(=O)(O)OP(=O)(O)O[PH](=O)O)[C@]12O. The zero-order valence-electron chi connectivity index (χ0n) is 14.4. The van der Waals surface area contributed by atoms with Crippen LogP contribution in [0, 0.1) is 0 Å². The van der Waals surface area contributed by atoms with Gasteiger partial charge in [-0.05, 0) is 6.92 Å². The number of phosphoric ester groups is 1. The Morgan fingerprint density at radius 1 is 1.30 bits per heavy atom. The number of rotatable bonds is 7. The van der Waals surface area contributed by atoms with Gasteiger partial charge in [-0.25, -0.2) is 22.6 Å². The summed E-state index contributed by atoms with van der Waals surface area (Å²) < 4.78 is 65.5. The Morgan fingerprint density at radius 3 is 2.37 bits per heavy atom. The minimum absolute atomic E-state index is 0.522. The molecule has 170 valence electrons. The van der Waals surface area contributed by atoms with E-state index in [9.17, 15) is 38.4 Å². The summed E-state index contributed by atoms with van der Waals surface area (Å²) in [7, 11) is -15.5. The molecule has 0 radical (unpaired) electrons. The van der Waals surface area contributed by atoms with E-state index in [1.54, 1.807) is 4.98 Å². The van der Waals surface area contributed by atoms with Gasteiger partial charge >= 0.3 is 29.6 Å². The Balaban J connectivity index is 1.85. The van der Waals surface area contributed by atoms with Crippen LogP contribution in [-0.4, -0.2) is 57.6 Å². The van der Waals surface area contributed by atoms with Gasteiger partial charge in [-0.15, -0.1) is 0 Å². The maximum Gasteiger partial charge on any atom is 0.488 e. The molecule has 1 aromatic heterocycles. The van der Waals surface area contributed by atoms with Crippen LogP contribution in [0.3, 0.4) is 0 Å². The normalized spacial score (nSPS) is 40.2. The molecular formula is C10H14FN2O14P3. The fourth-order valence-corrected chi connectivity index (χ4v) is 6.05. The van der Waals surface area contributed by atoms with Crippen LogP contribution in [0.5, 0.6) is 0 Å². The van der Waals surface area contributed by atoms with Crippen LogP contribution in [0.25, 0.3) is 0 Å². The highest BCUT2D eigenvalue weighted by Crippen LogP contribution is 2.73. The number of alkyl halides is 1. The van der Waals surface area contributed by atoms with Crippen molar-refractivity contribution in [3.63, 3.8) is 0 Å². The van der Waals surface area contributed by atoms with E-state index < -0.39 is 64.5 Å². The van der Waals surface area contributed by atoms with Gasteiger partial charge in [-0.2, -0.15) is 4.31 Å². The number of aromatic amines is 1. The summed E-state index contributed by atoms with van der Waals surface area (Å²) in [5.41, 5.74) is -7.78. The topological polar surface area (TPSA) is 244 Å². The molecule has 1 saturated heterocycles. The first-order valence-corrected chi connectivity index (χ1v) is 11.8. The van der Waals surface area contributed by atoms with Crippen LogP contribution >= 0.6 is 23.9 Å². The maximum atomic E-state index is 15.1. The van der Waals surface area contributed by atoms with Gasteiger partial charge in [0, 0.05) is 12.3 Å². The second-order valence-corrected chi connectivity index (χ2v) is 10.4. The molecule has 30 heavy (non-hydrogen) atoms. The van der Waals surface area contributed by atoms with Crippen molar-refractivity contribution in [3.8, 4) is 0 Å². The van der Waals surface area contributed by atoms with E-state index in [2.05, 4.69) is 13.1 Å². The molecule has 2 fully saturated rings. The molecular weight excluding hydrogens is 484 g/mol. The number of H-pyrrole nitrogens is 1. The Bertz CT molecular complexity index is 1120. The number of aromatic nitrogens is 2. The van der Waals surface area contributed by atoms with E-state index in [1.165, 1.54) is 0 Å². The van der Waals surface area contributed by atoms with Crippen molar-refractivity contribution < 1.29 is 60.9 Å². The second-order valence-electron chi connectivity index (χ2n) is 6.41. The molecule has 8 atom stereocenters. The lowest BCUT2D eigenvalue weighted by Crippen LogP contribution is -2.51. The van der Waals surface area contributed by atoms with E-state index in [1.807, 2.05) is 0 Å². The van der Waals surface area contributed by atoms with E-state index in [4.69, 9.17) is 14.5 Å². The van der Waals surface area contributed by atoms with E-state index in [-0.39, 0.29) is 0 Å². The lowest BCUT2D eigenvalue weighted by atomic mass is 9.95. The summed E-state index contributed by atoms with van der Waals surface area (Å²) in [5.74, 6) is -3.41. The Hall–Kier alpha value is -1.06. The van der Waals surface area contributed by atoms with Crippen LogP contribution in [0.15, 0.2) is 21.9 Å². The lowest BCUT2D eigenvalue weighted by Gasteiger charge is -2.32. The number of nitrogens with zero attached hydrogens (tertiary/aromatic N) is 1. The average molecular weight is 498 g/mol. The zero-order chi connectivity index (χ0) is 22.9. The third kappa shape index (κ3) is 3.60. The molecule has 1 saturated carbocycles. The quantitative estimate of drug-likeness (QED) is 0.228. The number of halogens is 1. The van der Waals surface area contributed by atoms with Crippen molar-refractivity contribution in [3.05, 3.63) is 33.1 Å². The summed E-state index contributed by atoms with van der Waals surface area (Å²) in [6.45, 7) is 0.779. The summed E-state index contributed by atoms with van der Waals surface area (Å²) >= 11 is 0. The molecule has 4 unspecified atom stereocenters. The van der Waals surface area contributed by atoms with Gasteiger partial charge < -0.3 is 29.6 Å². The standard InChI is InChI=1S/C10H14FN2O14P3/c1-8(16)6(13-3-2-4(14)12-7(13)15)24-10(11)5(9(8,10)17)25-29(20,21)27-30(22,23)26-28(18)19/h2-3,5-6,16-17,28H,1H3,(H,18,19)(H,20,21)(H,22,23)(H,12,14,15)/t5?,6-,8+,9+,10-/m1/s1. The van der Waals surface area contributed by atoms with Gasteiger partial charge in [0.15, 0.2) is 17.9 Å². The fraction of sp³-hybridized carbons (Fsp3) is 0.600. The van der Waals surface area contributed by atoms with Crippen molar-refractivity contribution in [2.24, 2.45) is 0 Å². The third-order valence-corrected chi connectivity index (χ3v) is 8.11. The van der Waals surface area contributed by atoms with Crippen LogP contribution < -0.4 is 11.2 Å². The molecule has 6 N–H and O–H groups in total. The third-order valence-electron chi connectivity index (χ3n) is 4.43. The number of ether oxygens (including phenoxy) is 1. The Morgan fingerprint density at radius 2 is 1.90 bits per heavy atom. The molecule has 20 heteroatoms. The number of nitrogens with one attached hydrogen (secondary N) is 1. The minimum Gasteiger partial charge on any atom is -0.382 e. The van der Waals surface area contributed by atoms with Crippen LogP contribution in [0.4, 0.5) is 4.39 Å². The van der Waals surface area contributed by atoms with Crippen molar-refractivity contribution in [2.75, 3.05) is 0 Å². The predicted molar refractivity (Wildman–Crippen MR) is 88.8 cm³/mol. The molecule has 0 amide bonds. The Kier molecular flexibility index (Phi) is 5.48. The highest BCUT2D eigenvalue weighted by molar-refractivity contribution is 7.64. The molecule has 2 heterocycles. The summed E-state index contributed by atoms with van der Waals surface area (Å²) in [5, 5.41) is 21.1. The van der Waals surface area contributed by atoms with Crippen LogP contribution in [0.1, 0.15) is 13.2 Å². The molecule has 1 aromatic rings. The first kappa shape index (κ1) is 23.6. The van der Waals surface area contributed by atoms with Gasteiger partial charge in [0.2, 0.25) is 0 Å². The number of fused-ring (bicyclic) bond motifs is 1. The monoisotopic (exact) mass is 498 g/mol. The van der Waals surface area contributed by atoms with Gasteiger partial charge in [0.05, 0.1) is 0 Å². The van der Waals surface area contributed by atoms with Gasteiger partial charge in [-0.3, -0.25) is 23.4 Å². The van der Waals surface area contributed by atoms with Crippen molar-refractivity contribution >= 4 is 23.9 Å². The number of phosphoric acid groups is 2. The van der Waals surface area contributed by atoms with Crippen LogP contribution in [-0.2, 0) is 31.6 Å². The fourth-order valence-electron chi connectivity index (χ4n) is 3.08. The molecule has 0 spiro atoms. The largest absolute Gasteiger partial charge is 0.488 e. The zero-order valence-corrected chi connectivity index (χ0v) is 17.2. The average Bonchev–Trinajstić information content (AvgIpc) is 2.92. The van der Waals surface area contributed by atoms with Gasteiger partial charge in [-0.1, -0.05) is 0 Å². The minimum atomic E-state index is -5.75. The molecule has 16 nitrogen and oxygen atoms in total. The van der Waals surface area contributed by atoms with Crippen LogP contribution in [0.2, 0.25) is 0 Å². The molecule has 0 aromatic carbocycles. The van der Waals surface area contributed by atoms with Gasteiger partial charge in [0.25, 0.3) is 11.4 Å². The van der Waals surface area contributed by atoms with E-state index in [0.717, 1.165) is 19.2 Å². The van der Waals surface area contributed by atoms with E-state index >= 15 is 4.39 Å².